The predicted octanol–water partition coefficient (Wildman–Crippen LogP) is 3.23. The molecule has 17 heavy (non-hydrogen) atoms. The Kier molecular flexibility index (Phi) is 3.57. The molecule has 1 aromatic heterocycles. The molecule has 0 aromatic carbocycles. The number of hydrogen-bond acceptors (Lipinski definition) is 3. The summed E-state index contributed by atoms with van der Waals surface area (Å²) in [5, 5.41) is 3.71. The molecule has 0 amide bonds. The highest BCUT2D eigenvalue weighted by Crippen LogP contribution is 2.31. The maximum Gasteiger partial charge on any atom is 0.0701 e. The minimum absolute atomic E-state index is 0.773. The average Bonchev–Trinajstić information content (AvgIpc) is 2.85. The lowest BCUT2D eigenvalue weighted by atomic mass is 9.98. The van der Waals surface area contributed by atoms with E-state index in [-0.39, 0.29) is 0 Å². The zero-order valence-electron chi connectivity index (χ0n) is 10.2. The van der Waals surface area contributed by atoms with Crippen molar-refractivity contribution in [3.63, 3.8) is 0 Å². The Morgan fingerprint density at radius 1 is 1.35 bits per heavy atom. The summed E-state index contributed by atoms with van der Waals surface area (Å²) in [6.45, 7) is 1.10. The van der Waals surface area contributed by atoms with Gasteiger partial charge in [0, 0.05) is 29.5 Å². The zero-order valence-corrected chi connectivity index (χ0v) is 12.6. The van der Waals surface area contributed by atoms with E-state index in [0.717, 1.165) is 24.7 Å². The van der Waals surface area contributed by atoms with Crippen molar-refractivity contribution in [2.45, 2.75) is 50.4 Å². The molecule has 3 heterocycles. The Balaban J connectivity index is 1.60. The van der Waals surface area contributed by atoms with Gasteiger partial charge in [-0.05, 0) is 60.8 Å². The summed E-state index contributed by atoms with van der Waals surface area (Å²) < 4.78 is 1.24. The smallest absolute Gasteiger partial charge is 0.0701 e. The fraction of sp³-hybridized carbons (Fsp3) is 0.692. The van der Waals surface area contributed by atoms with Gasteiger partial charge in [0.15, 0.2) is 0 Å². The SMILES string of the molecule is CN(Cc1ccc(Br)s1)C1CC2CCC(C1)N2. The number of fused-ring (bicyclic) bond motifs is 2. The van der Waals surface area contributed by atoms with Crippen LogP contribution in [0, 0.1) is 0 Å². The standard InChI is InChI=1S/C13H19BrN2S/c1-16(8-12-4-5-13(14)17-12)11-6-9-2-3-10(7-11)15-9/h4-5,9-11,15H,2-3,6-8H2,1H3. The average molecular weight is 315 g/mol. The van der Waals surface area contributed by atoms with E-state index < -0.39 is 0 Å². The third-order valence-corrected chi connectivity index (χ3v) is 5.71. The molecule has 4 heteroatoms. The highest BCUT2D eigenvalue weighted by Gasteiger charge is 2.34. The number of piperidine rings is 1. The minimum Gasteiger partial charge on any atom is -0.311 e. The second-order valence-corrected chi connectivity index (χ2v) is 7.93. The molecule has 0 saturated carbocycles. The van der Waals surface area contributed by atoms with Crippen molar-refractivity contribution in [2.24, 2.45) is 0 Å². The molecule has 2 unspecified atom stereocenters. The van der Waals surface area contributed by atoms with Gasteiger partial charge in [0.2, 0.25) is 0 Å². The molecular formula is C13H19BrN2S. The molecule has 2 aliphatic rings. The van der Waals surface area contributed by atoms with Crippen molar-refractivity contribution in [1.29, 1.82) is 0 Å². The first-order valence-corrected chi connectivity index (χ1v) is 8.02. The molecule has 2 bridgehead atoms. The molecule has 1 N–H and O–H groups in total. The number of nitrogens with zero attached hydrogens (tertiary/aromatic N) is 1. The molecule has 1 aromatic rings. The van der Waals surface area contributed by atoms with Crippen molar-refractivity contribution in [3.05, 3.63) is 20.8 Å². The first kappa shape index (κ1) is 12.2. The highest BCUT2D eigenvalue weighted by atomic mass is 79.9. The Morgan fingerprint density at radius 3 is 2.65 bits per heavy atom. The Morgan fingerprint density at radius 2 is 2.06 bits per heavy atom. The second-order valence-electron chi connectivity index (χ2n) is 5.38. The van der Waals surface area contributed by atoms with E-state index in [4.69, 9.17) is 0 Å². The van der Waals surface area contributed by atoms with Crippen LogP contribution in [-0.4, -0.2) is 30.1 Å². The van der Waals surface area contributed by atoms with E-state index >= 15 is 0 Å². The summed E-state index contributed by atoms with van der Waals surface area (Å²) in [6.07, 6.45) is 5.44. The van der Waals surface area contributed by atoms with Gasteiger partial charge in [-0.15, -0.1) is 11.3 Å². The van der Waals surface area contributed by atoms with E-state index in [1.165, 1.54) is 34.3 Å². The van der Waals surface area contributed by atoms with Gasteiger partial charge < -0.3 is 5.32 Å². The molecule has 0 aliphatic carbocycles. The first-order chi connectivity index (χ1) is 8.20. The van der Waals surface area contributed by atoms with Crippen LogP contribution in [-0.2, 0) is 6.54 Å². The lowest BCUT2D eigenvalue weighted by molar-refractivity contribution is 0.167. The Labute approximate surface area is 116 Å². The van der Waals surface area contributed by atoms with Gasteiger partial charge in [-0.25, -0.2) is 0 Å². The van der Waals surface area contributed by atoms with Gasteiger partial charge in [0.25, 0.3) is 0 Å². The third-order valence-electron chi connectivity index (χ3n) is 4.11. The molecule has 0 radical (unpaired) electrons. The molecule has 2 fully saturated rings. The van der Waals surface area contributed by atoms with Crippen molar-refractivity contribution in [1.82, 2.24) is 10.2 Å². The summed E-state index contributed by atoms with van der Waals surface area (Å²) in [7, 11) is 2.28. The first-order valence-electron chi connectivity index (χ1n) is 6.41. The lowest BCUT2D eigenvalue weighted by Crippen LogP contribution is -2.46. The van der Waals surface area contributed by atoms with Crippen molar-refractivity contribution in [2.75, 3.05) is 7.05 Å². The third kappa shape index (κ3) is 2.75. The maximum atomic E-state index is 3.71. The summed E-state index contributed by atoms with van der Waals surface area (Å²) in [5.74, 6) is 0. The van der Waals surface area contributed by atoms with Gasteiger partial charge in [0.05, 0.1) is 3.79 Å². The summed E-state index contributed by atoms with van der Waals surface area (Å²) >= 11 is 5.39. The van der Waals surface area contributed by atoms with E-state index in [1.54, 1.807) is 0 Å². The van der Waals surface area contributed by atoms with E-state index in [1.807, 2.05) is 11.3 Å². The molecule has 2 aliphatic heterocycles. The molecular weight excluding hydrogens is 296 g/mol. The van der Waals surface area contributed by atoms with Crippen LogP contribution in [0.3, 0.4) is 0 Å². The van der Waals surface area contributed by atoms with Crippen molar-refractivity contribution in [3.8, 4) is 0 Å². The largest absolute Gasteiger partial charge is 0.311 e. The van der Waals surface area contributed by atoms with E-state index in [0.29, 0.717) is 0 Å². The van der Waals surface area contributed by atoms with Crippen LogP contribution in [0.5, 0.6) is 0 Å². The van der Waals surface area contributed by atoms with Gasteiger partial charge in [-0.3, -0.25) is 4.90 Å². The number of halogens is 1. The van der Waals surface area contributed by atoms with Crippen LogP contribution >= 0.6 is 27.3 Å². The number of thiophene rings is 1. The number of nitrogens with one attached hydrogen (secondary N) is 1. The zero-order chi connectivity index (χ0) is 11.8. The van der Waals surface area contributed by atoms with Gasteiger partial charge in [-0.2, -0.15) is 0 Å². The second kappa shape index (κ2) is 5.00. The fourth-order valence-corrected chi connectivity index (χ4v) is 4.75. The summed E-state index contributed by atoms with van der Waals surface area (Å²) in [6, 6.07) is 6.74. The molecule has 2 nitrogen and oxygen atoms in total. The van der Waals surface area contributed by atoms with Crippen molar-refractivity contribution >= 4 is 27.3 Å². The number of hydrogen-bond donors (Lipinski definition) is 1. The van der Waals surface area contributed by atoms with Crippen LogP contribution < -0.4 is 5.32 Å². The maximum absolute atomic E-state index is 3.71. The van der Waals surface area contributed by atoms with Crippen LogP contribution in [0.15, 0.2) is 15.9 Å². The van der Waals surface area contributed by atoms with Crippen LogP contribution in [0.2, 0.25) is 0 Å². The van der Waals surface area contributed by atoms with Gasteiger partial charge in [-0.1, -0.05) is 0 Å². The Hall–Kier alpha value is 0.1000. The summed E-state index contributed by atoms with van der Waals surface area (Å²) in [5.41, 5.74) is 0. The quantitative estimate of drug-likeness (QED) is 0.921. The Bertz CT molecular complexity index is 381. The normalized spacial score (nSPS) is 32.3. The van der Waals surface area contributed by atoms with Crippen LogP contribution in [0.25, 0.3) is 0 Å². The van der Waals surface area contributed by atoms with E-state index in [9.17, 15) is 0 Å². The number of rotatable bonds is 3. The van der Waals surface area contributed by atoms with Crippen molar-refractivity contribution < 1.29 is 0 Å². The molecule has 2 atom stereocenters. The van der Waals surface area contributed by atoms with E-state index in [2.05, 4.69) is 45.3 Å². The lowest BCUT2D eigenvalue weighted by Gasteiger charge is -2.35. The fourth-order valence-electron chi connectivity index (χ4n) is 3.20. The summed E-state index contributed by atoms with van der Waals surface area (Å²) in [4.78, 5) is 4.01. The van der Waals surface area contributed by atoms with Gasteiger partial charge in [0.1, 0.15) is 0 Å². The van der Waals surface area contributed by atoms with Gasteiger partial charge >= 0.3 is 0 Å². The molecule has 0 spiro atoms. The molecule has 2 saturated heterocycles. The monoisotopic (exact) mass is 314 g/mol. The van der Waals surface area contributed by atoms with Crippen LogP contribution in [0.1, 0.15) is 30.6 Å². The van der Waals surface area contributed by atoms with Crippen LogP contribution in [0.4, 0.5) is 0 Å². The molecule has 94 valence electrons. The topological polar surface area (TPSA) is 15.3 Å². The predicted molar refractivity (Wildman–Crippen MR) is 76.5 cm³/mol. The highest BCUT2D eigenvalue weighted by molar-refractivity contribution is 9.11. The minimum atomic E-state index is 0.773. The molecule has 3 rings (SSSR count).